The highest BCUT2D eigenvalue weighted by Crippen LogP contribution is 2.39. The van der Waals surface area contributed by atoms with Gasteiger partial charge in [-0.1, -0.05) is 18.2 Å². The predicted octanol–water partition coefficient (Wildman–Crippen LogP) is 3.67. The van der Waals surface area contributed by atoms with Crippen LogP contribution < -0.4 is 0 Å². The number of thiol groups is 1. The number of carbonyl (C=O) groups excluding carboxylic acids is 1. The Hall–Kier alpha value is -1.92. The fourth-order valence-electron chi connectivity index (χ4n) is 3.79. The number of hydrogen-bond acceptors (Lipinski definition) is 4. The Labute approximate surface area is 164 Å². The number of ketones is 1. The number of rotatable bonds is 5. The highest BCUT2D eigenvalue weighted by molar-refractivity contribution is 7.81. The molecule has 2 fully saturated rings. The second-order valence-corrected chi connectivity index (χ2v) is 8.10. The third kappa shape index (κ3) is 3.87. The number of likely N-dealkylation sites (tertiary alicyclic amines) is 1. The molecule has 4 rings (SSSR count). The van der Waals surface area contributed by atoms with Crippen molar-refractivity contribution in [3.8, 4) is 0 Å². The average molecular weight is 386 g/mol. The van der Waals surface area contributed by atoms with Gasteiger partial charge in [-0.05, 0) is 43.0 Å². The molecule has 0 bridgehead atoms. The number of hydrogen-bond donors (Lipinski definition) is 1. The molecule has 1 aliphatic carbocycles. The predicted molar refractivity (Wildman–Crippen MR) is 107 cm³/mol. The van der Waals surface area contributed by atoms with Crippen LogP contribution in [0.5, 0.6) is 0 Å². The molecule has 2 atom stereocenters. The van der Waals surface area contributed by atoms with Crippen molar-refractivity contribution in [1.82, 2.24) is 14.7 Å². The van der Waals surface area contributed by atoms with E-state index >= 15 is 0 Å². The van der Waals surface area contributed by atoms with Crippen LogP contribution >= 0.6 is 12.6 Å². The summed E-state index contributed by atoms with van der Waals surface area (Å²) < 4.78 is 16.4. The Bertz CT molecular complexity index is 874. The second kappa shape index (κ2) is 7.60. The molecule has 4 nitrogen and oxygen atoms in total. The minimum atomic E-state index is -0.519. The van der Waals surface area contributed by atoms with Crippen molar-refractivity contribution in [2.45, 2.75) is 30.6 Å². The summed E-state index contributed by atoms with van der Waals surface area (Å²) >= 11 is 4.74. The Kier molecular flexibility index (Phi) is 5.19. The number of benzene rings is 1. The summed E-state index contributed by atoms with van der Waals surface area (Å²) in [7, 11) is 1.90. The molecule has 1 saturated heterocycles. The van der Waals surface area contributed by atoms with E-state index in [1.807, 2.05) is 23.9 Å². The first-order valence-corrected chi connectivity index (χ1v) is 9.95. The lowest BCUT2D eigenvalue weighted by atomic mass is 9.93. The average Bonchev–Trinajstić information content (AvgIpc) is 3.43. The van der Waals surface area contributed by atoms with Crippen LogP contribution in [0.1, 0.15) is 36.6 Å². The van der Waals surface area contributed by atoms with Gasteiger partial charge in [0.1, 0.15) is 5.82 Å². The zero-order chi connectivity index (χ0) is 19.0. The van der Waals surface area contributed by atoms with Gasteiger partial charge in [0.2, 0.25) is 0 Å². The van der Waals surface area contributed by atoms with Crippen LogP contribution in [0.25, 0.3) is 6.08 Å². The van der Waals surface area contributed by atoms with Crippen molar-refractivity contribution >= 4 is 24.5 Å². The lowest BCUT2D eigenvalue weighted by Crippen LogP contribution is -2.42. The second-order valence-electron chi connectivity index (χ2n) is 7.47. The minimum absolute atomic E-state index is 0.0767. The first-order valence-electron chi connectivity index (χ1n) is 9.43. The fraction of sp³-hybridized carbons (Fsp3) is 0.429. The number of carbonyl (C=O) groups is 1. The van der Waals surface area contributed by atoms with E-state index in [0.717, 1.165) is 37.1 Å². The summed E-state index contributed by atoms with van der Waals surface area (Å²) in [5.41, 5.74) is 2.63. The number of aromatic nitrogens is 2. The zero-order valence-electron chi connectivity index (χ0n) is 15.4. The summed E-state index contributed by atoms with van der Waals surface area (Å²) in [6.07, 6.45) is 6.53. The molecule has 0 amide bonds. The quantitative estimate of drug-likeness (QED) is 0.798. The largest absolute Gasteiger partial charge is 0.297 e. The maximum absolute atomic E-state index is 14.6. The third-order valence-electron chi connectivity index (χ3n) is 5.51. The molecule has 2 aromatic rings. The van der Waals surface area contributed by atoms with Crippen LogP contribution in [0.3, 0.4) is 0 Å². The Morgan fingerprint density at radius 3 is 2.74 bits per heavy atom. The van der Waals surface area contributed by atoms with E-state index in [2.05, 4.69) is 16.1 Å². The van der Waals surface area contributed by atoms with Crippen molar-refractivity contribution in [1.29, 1.82) is 0 Å². The lowest BCUT2D eigenvalue weighted by molar-refractivity contribution is -0.126. The van der Waals surface area contributed by atoms with Gasteiger partial charge in [0.15, 0.2) is 5.78 Å². The van der Waals surface area contributed by atoms with Gasteiger partial charge < -0.3 is 0 Å². The van der Waals surface area contributed by atoms with Crippen LogP contribution in [-0.2, 0) is 11.8 Å². The molecule has 0 spiro atoms. The van der Waals surface area contributed by atoms with Crippen LogP contribution in [0.15, 0.2) is 42.1 Å². The molecule has 1 aromatic heterocycles. The van der Waals surface area contributed by atoms with E-state index in [1.165, 1.54) is 6.07 Å². The molecular weight excluding hydrogens is 361 g/mol. The molecule has 1 aliphatic heterocycles. The molecule has 27 heavy (non-hydrogen) atoms. The molecule has 0 radical (unpaired) electrons. The normalized spacial score (nSPS) is 23.5. The molecule has 1 aromatic carbocycles. The molecule has 142 valence electrons. The van der Waals surface area contributed by atoms with Crippen LogP contribution in [0, 0.1) is 11.7 Å². The SMILES string of the molecule is Cn1nccc1/C=C1\CN(C(C(=O)C2CC2)c2ccccc2F)CCC1S. The first-order chi connectivity index (χ1) is 13.0. The number of Topliss-reactive ketones (excluding diaryl/α,β-unsaturated/α-hetero) is 1. The van der Waals surface area contributed by atoms with Crippen molar-refractivity contribution in [3.63, 3.8) is 0 Å². The van der Waals surface area contributed by atoms with Crippen molar-refractivity contribution in [3.05, 3.63) is 59.2 Å². The number of nitrogens with zero attached hydrogens (tertiary/aromatic N) is 3. The highest BCUT2D eigenvalue weighted by atomic mass is 32.1. The van der Waals surface area contributed by atoms with Crippen molar-refractivity contribution < 1.29 is 9.18 Å². The number of piperidine rings is 1. The van der Waals surface area contributed by atoms with Gasteiger partial charge in [-0.15, -0.1) is 0 Å². The molecule has 0 N–H and O–H groups in total. The Morgan fingerprint density at radius 2 is 2.07 bits per heavy atom. The van der Waals surface area contributed by atoms with Gasteiger partial charge in [0, 0.05) is 43.1 Å². The van der Waals surface area contributed by atoms with Gasteiger partial charge >= 0.3 is 0 Å². The fourth-order valence-corrected chi connectivity index (χ4v) is 4.06. The maximum atomic E-state index is 14.6. The lowest BCUT2D eigenvalue weighted by Gasteiger charge is -2.37. The summed E-state index contributed by atoms with van der Waals surface area (Å²) in [6, 6.07) is 8.11. The summed E-state index contributed by atoms with van der Waals surface area (Å²) in [6.45, 7) is 1.34. The smallest absolute Gasteiger partial charge is 0.157 e. The summed E-state index contributed by atoms with van der Waals surface area (Å²) in [5.74, 6) is -0.0768. The first kappa shape index (κ1) is 18.4. The van der Waals surface area contributed by atoms with E-state index in [0.29, 0.717) is 12.1 Å². The Morgan fingerprint density at radius 1 is 1.30 bits per heavy atom. The van der Waals surface area contributed by atoms with E-state index in [1.54, 1.807) is 18.3 Å². The summed E-state index contributed by atoms with van der Waals surface area (Å²) in [4.78, 5) is 15.2. The molecule has 6 heteroatoms. The topological polar surface area (TPSA) is 38.1 Å². The zero-order valence-corrected chi connectivity index (χ0v) is 16.3. The van der Waals surface area contributed by atoms with E-state index in [-0.39, 0.29) is 22.8 Å². The van der Waals surface area contributed by atoms with E-state index in [4.69, 9.17) is 12.6 Å². The van der Waals surface area contributed by atoms with Gasteiger partial charge in [-0.3, -0.25) is 14.4 Å². The monoisotopic (exact) mass is 385 g/mol. The van der Waals surface area contributed by atoms with Gasteiger partial charge in [0.05, 0.1) is 11.7 Å². The van der Waals surface area contributed by atoms with Crippen LogP contribution in [0.2, 0.25) is 0 Å². The van der Waals surface area contributed by atoms with Gasteiger partial charge in [-0.2, -0.15) is 17.7 Å². The third-order valence-corrected chi connectivity index (χ3v) is 6.10. The van der Waals surface area contributed by atoms with E-state index < -0.39 is 6.04 Å². The maximum Gasteiger partial charge on any atom is 0.157 e. The van der Waals surface area contributed by atoms with Crippen molar-refractivity contribution in [2.24, 2.45) is 13.0 Å². The Balaban J connectivity index is 1.66. The van der Waals surface area contributed by atoms with Crippen molar-refractivity contribution in [2.75, 3.05) is 13.1 Å². The number of aryl methyl sites for hydroxylation is 1. The summed E-state index contributed by atoms with van der Waals surface area (Å²) in [5, 5.41) is 4.34. The molecular formula is C21H24FN3OS. The van der Waals surface area contributed by atoms with E-state index in [9.17, 15) is 9.18 Å². The molecule has 2 heterocycles. The highest BCUT2D eigenvalue weighted by Gasteiger charge is 2.40. The molecule has 1 saturated carbocycles. The van der Waals surface area contributed by atoms with Gasteiger partial charge in [0.25, 0.3) is 0 Å². The van der Waals surface area contributed by atoms with Gasteiger partial charge in [-0.25, -0.2) is 4.39 Å². The van der Waals surface area contributed by atoms with Crippen LogP contribution in [-0.4, -0.2) is 38.8 Å². The molecule has 2 unspecified atom stereocenters. The van der Waals surface area contributed by atoms with Crippen LogP contribution in [0.4, 0.5) is 4.39 Å². The molecule has 2 aliphatic rings. The number of halogens is 1. The minimum Gasteiger partial charge on any atom is -0.297 e. The standard InChI is InChI=1S/C21H24FN3OS/c1-24-16(8-10-23-24)12-15-13-25(11-9-19(15)27)20(21(26)14-6-7-14)17-4-2-3-5-18(17)22/h2-5,8,10,12,14,19-20,27H,6-7,9,11,13H2,1H3/b15-12+.